The SMILES string of the molecule is C=CCN1C(=O)C(CCC)(CCC)C(C=C)=C1C=C. The van der Waals surface area contributed by atoms with E-state index in [1.165, 1.54) is 0 Å². The number of hydrogen-bond acceptors (Lipinski definition) is 1. The van der Waals surface area contributed by atoms with Gasteiger partial charge in [0, 0.05) is 12.2 Å². The van der Waals surface area contributed by atoms with Gasteiger partial charge in [0.15, 0.2) is 0 Å². The fourth-order valence-corrected chi connectivity index (χ4v) is 3.17. The molecular formula is C17H25NO. The quantitative estimate of drug-likeness (QED) is 0.597. The molecule has 2 nitrogen and oxygen atoms in total. The molecule has 0 aromatic carbocycles. The third-order valence-electron chi connectivity index (χ3n) is 3.80. The van der Waals surface area contributed by atoms with E-state index in [1.54, 1.807) is 17.1 Å². The second kappa shape index (κ2) is 6.55. The minimum atomic E-state index is -0.405. The standard InChI is InChI=1S/C17H25NO/c1-6-11-17(12-7-2)14(9-4)15(10-5)18(13-8-3)16(17)19/h8-10H,3-7,11-13H2,1-2H3. The molecule has 0 spiro atoms. The average Bonchev–Trinajstić information content (AvgIpc) is 2.61. The Morgan fingerprint density at radius 2 is 1.68 bits per heavy atom. The molecule has 0 fully saturated rings. The highest BCUT2D eigenvalue weighted by molar-refractivity contribution is 5.93. The molecule has 0 saturated heterocycles. The largest absolute Gasteiger partial charge is 0.308 e. The molecule has 0 N–H and O–H groups in total. The lowest BCUT2D eigenvalue weighted by Crippen LogP contribution is -2.37. The van der Waals surface area contributed by atoms with Crippen LogP contribution in [0.3, 0.4) is 0 Å². The van der Waals surface area contributed by atoms with Crippen LogP contribution in [0.15, 0.2) is 49.2 Å². The number of allylic oxidation sites excluding steroid dienone is 2. The molecule has 1 aliphatic heterocycles. The van der Waals surface area contributed by atoms with Crippen molar-refractivity contribution >= 4 is 5.91 Å². The van der Waals surface area contributed by atoms with Crippen LogP contribution in [0.4, 0.5) is 0 Å². The molecule has 0 aliphatic carbocycles. The van der Waals surface area contributed by atoms with E-state index < -0.39 is 5.41 Å². The highest BCUT2D eigenvalue weighted by Crippen LogP contribution is 2.47. The van der Waals surface area contributed by atoms with Crippen molar-refractivity contribution in [2.45, 2.75) is 39.5 Å². The smallest absolute Gasteiger partial charge is 0.238 e. The number of carbonyl (C=O) groups excluding carboxylic acids is 1. The minimum absolute atomic E-state index is 0.181. The van der Waals surface area contributed by atoms with Gasteiger partial charge in [-0.25, -0.2) is 0 Å². The topological polar surface area (TPSA) is 20.3 Å². The predicted molar refractivity (Wildman–Crippen MR) is 81.6 cm³/mol. The number of nitrogens with zero attached hydrogens (tertiary/aromatic N) is 1. The maximum atomic E-state index is 12.9. The van der Waals surface area contributed by atoms with Crippen molar-refractivity contribution in [2.24, 2.45) is 5.41 Å². The highest BCUT2D eigenvalue weighted by Gasteiger charge is 2.48. The van der Waals surface area contributed by atoms with E-state index in [-0.39, 0.29) is 5.91 Å². The Labute approximate surface area is 117 Å². The van der Waals surface area contributed by atoms with Crippen LogP contribution in [-0.2, 0) is 4.79 Å². The molecule has 0 saturated carbocycles. The Kier molecular flexibility index (Phi) is 5.34. The Morgan fingerprint density at radius 1 is 1.11 bits per heavy atom. The van der Waals surface area contributed by atoms with Crippen molar-refractivity contribution < 1.29 is 4.79 Å². The molecule has 19 heavy (non-hydrogen) atoms. The first kappa shape index (κ1) is 15.5. The third kappa shape index (κ3) is 2.44. The summed E-state index contributed by atoms with van der Waals surface area (Å²) in [6, 6.07) is 0. The minimum Gasteiger partial charge on any atom is -0.308 e. The van der Waals surface area contributed by atoms with E-state index in [9.17, 15) is 4.79 Å². The van der Waals surface area contributed by atoms with E-state index in [2.05, 4.69) is 33.6 Å². The Hall–Kier alpha value is -1.57. The van der Waals surface area contributed by atoms with Gasteiger partial charge in [0.05, 0.1) is 5.41 Å². The van der Waals surface area contributed by atoms with Gasteiger partial charge in [-0.1, -0.05) is 52.0 Å². The van der Waals surface area contributed by atoms with E-state index in [4.69, 9.17) is 0 Å². The van der Waals surface area contributed by atoms with E-state index in [1.807, 2.05) is 6.08 Å². The molecule has 1 heterocycles. The lowest BCUT2D eigenvalue weighted by atomic mass is 9.73. The van der Waals surface area contributed by atoms with Crippen LogP contribution < -0.4 is 0 Å². The van der Waals surface area contributed by atoms with E-state index >= 15 is 0 Å². The van der Waals surface area contributed by atoms with Crippen molar-refractivity contribution in [3.63, 3.8) is 0 Å². The average molecular weight is 259 g/mol. The zero-order chi connectivity index (χ0) is 14.5. The molecule has 0 atom stereocenters. The summed E-state index contributed by atoms with van der Waals surface area (Å²) in [4.78, 5) is 14.7. The van der Waals surface area contributed by atoms with Crippen LogP contribution >= 0.6 is 0 Å². The van der Waals surface area contributed by atoms with Gasteiger partial charge in [-0.3, -0.25) is 4.79 Å². The van der Waals surface area contributed by atoms with Gasteiger partial charge >= 0.3 is 0 Å². The molecule has 1 rings (SSSR count). The fraction of sp³-hybridized carbons (Fsp3) is 0.471. The van der Waals surface area contributed by atoms with Crippen LogP contribution in [0.25, 0.3) is 0 Å². The summed E-state index contributed by atoms with van der Waals surface area (Å²) in [6.45, 7) is 16.3. The molecule has 0 radical (unpaired) electrons. The van der Waals surface area contributed by atoms with Crippen molar-refractivity contribution in [1.82, 2.24) is 4.90 Å². The summed E-state index contributed by atoms with van der Waals surface area (Å²) >= 11 is 0. The number of hydrogen-bond donors (Lipinski definition) is 0. The van der Waals surface area contributed by atoms with Gasteiger partial charge in [-0.2, -0.15) is 0 Å². The summed E-state index contributed by atoms with van der Waals surface area (Å²) < 4.78 is 0. The van der Waals surface area contributed by atoms with Gasteiger partial charge < -0.3 is 4.90 Å². The van der Waals surface area contributed by atoms with Crippen molar-refractivity contribution in [2.75, 3.05) is 6.54 Å². The number of carbonyl (C=O) groups is 1. The monoisotopic (exact) mass is 259 g/mol. The summed E-state index contributed by atoms with van der Waals surface area (Å²) in [5, 5.41) is 0. The third-order valence-corrected chi connectivity index (χ3v) is 3.80. The first-order valence-electron chi connectivity index (χ1n) is 7.05. The highest BCUT2D eigenvalue weighted by atomic mass is 16.2. The molecule has 104 valence electrons. The predicted octanol–water partition coefficient (Wildman–Crippen LogP) is 4.23. The number of amides is 1. The van der Waals surface area contributed by atoms with Crippen molar-refractivity contribution in [1.29, 1.82) is 0 Å². The lowest BCUT2D eigenvalue weighted by molar-refractivity contribution is -0.135. The molecule has 0 aromatic heterocycles. The Bertz CT molecular complexity index is 411. The van der Waals surface area contributed by atoms with E-state index in [0.29, 0.717) is 6.54 Å². The first-order valence-corrected chi connectivity index (χ1v) is 7.05. The zero-order valence-electron chi connectivity index (χ0n) is 12.2. The maximum absolute atomic E-state index is 12.9. The van der Waals surface area contributed by atoms with E-state index in [0.717, 1.165) is 37.0 Å². The molecule has 0 unspecified atom stereocenters. The van der Waals surface area contributed by atoms with Crippen LogP contribution in [0.2, 0.25) is 0 Å². The molecule has 1 amide bonds. The summed E-state index contributed by atoms with van der Waals surface area (Å²) in [5.41, 5.74) is 1.54. The molecule has 0 aromatic rings. The first-order chi connectivity index (χ1) is 9.12. The zero-order valence-corrected chi connectivity index (χ0v) is 12.2. The molecule has 0 bridgehead atoms. The number of rotatable bonds is 8. The Balaban J connectivity index is 3.39. The van der Waals surface area contributed by atoms with Gasteiger partial charge in [0.2, 0.25) is 5.91 Å². The van der Waals surface area contributed by atoms with Crippen LogP contribution in [0, 0.1) is 5.41 Å². The fourth-order valence-electron chi connectivity index (χ4n) is 3.17. The van der Waals surface area contributed by atoms with Crippen LogP contribution in [0.5, 0.6) is 0 Å². The molecule has 2 heteroatoms. The normalized spacial score (nSPS) is 17.8. The van der Waals surface area contributed by atoms with Crippen LogP contribution in [-0.4, -0.2) is 17.4 Å². The van der Waals surface area contributed by atoms with Gasteiger partial charge in [-0.15, -0.1) is 6.58 Å². The summed E-state index contributed by atoms with van der Waals surface area (Å²) in [5.74, 6) is 0.181. The van der Waals surface area contributed by atoms with Crippen LogP contribution in [0.1, 0.15) is 39.5 Å². The maximum Gasteiger partial charge on any atom is 0.238 e. The second-order valence-electron chi connectivity index (χ2n) is 4.99. The second-order valence-corrected chi connectivity index (χ2v) is 4.99. The molecule has 1 aliphatic rings. The summed E-state index contributed by atoms with van der Waals surface area (Å²) in [6.07, 6.45) is 9.06. The lowest BCUT2D eigenvalue weighted by Gasteiger charge is -2.29. The van der Waals surface area contributed by atoms with Crippen molar-refractivity contribution in [3.8, 4) is 0 Å². The van der Waals surface area contributed by atoms with Gasteiger partial charge in [0.1, 0.15) is 0 Å². The summed E-state index contributed by atoms with van der Waals surface area (Å²) in [7, 11) is 0. The van der Waals surface area contributed by atoms with Gasteiger partial charge in [0.25, 0.3) is 0 Å². The Morgan fingerprint density at radius 3 is 2.05 bits per heavy atom. The van der Waals surface area contributed by atoms with Gasteiger partial charge in [-0.05, 0) is 24.5 Å². The van der Waals surface area contributed by atoms with Crippen molar-refractivity contribution in [3.05, 3.63) is 49.2 Å². The molecular weight excluding hydrogens is 234 g/mol.